The van der Waals surface area contributed by atoms with Gasteiger partial charge in [0.25, 0.3) is 17.4 Å². The van der Waals surface area contributed by atoms with Gasteiger partial charge in [-0.1, -0.05) is 12.8 Å². The zero-order valence-corrected chi connectivity index (χ0v) is 17.5. The van der Waals surface area contributed by atoms with E-state index in [0.29, 0.717) is 18.4 Å². The van der Waals surface area contributed by atoms with Gasteiger partial charge in [-0.05, 0) is 49.7 Å². The van der Waals surface area contributed by atoms with Gasteiger partial charge in [0, 0.05) is 50.8 Å². The molecule has 4 aliphatic rings. The molecule has 7 heteroatoms. The summed E-state index contributed by atoms with van der Waals surface area (Å²) in [5.41, 5.74) is 0.748. The molecule has 1 aromatic rings. The van der Waals surface area contributed by atoms with Crippen LogP contribution in [0, 0.1) is 11.8 Å². The molecule has 164 valence electrons. The van der Waals surface area contributed by atoms with Crippen molar-refractivity contribution in [3.05, 3.63) is 33.7 Å². The Balaban J connectivity index is 1.35. The third-order valence-electron chi connectivity index (χ3n) is 7.58. The van der Waals surface area contributed by atoms with E-state index in [1.54, 1.807) is 10.6 Å². The van der Waals surface area contributed by atoms with Gasteiger partial charge in [-0.15, -0.1) is 0 Å². The van der Waals surface area contributed by atoms with Crippen LogP contribution in [0.4, 0.5) is 8.78 Å². The topological polar surface area (TPSA) is 45.6 Å². The first-order valence-electron chi connectivity index (χ1n) is 11.5. The lowest BCUT2D eigenvalue weighted by molar-refractivity contribution is -0.0561. The van der Waals surface area contributed by atoms with E-state index in [-0.39, 0.29) is 30.5 Å². The quantitative estimate of drug-likeness (QED) is 0.755. The zero-order chi connectivity index (χ0) is 20.9. The fraction of sp³-hybridized carbons (Fsp3) is 0.739. The van der Waals surface area contributed by atoms with E-state index in [9.17, 15) is 18.4 Å². The average molecular weight is 420 g/mol. The zero-order valence-electron chi connectivity index (χ0n) is 17.5. The maximum atomic E-state index is 13.8. The van der Waals surface area contributed by atoms with Crippen molar-refractivity contribution in [3.8, 4) is 0 Å². The van der Waals surface area contributed by atoms with E-state index in [4.69, 9.17) is 0 Å². The van der Waals surface area contributed by atoms with E-state index >= 15 is 0 Å². The Morgan fingerprint density at radius 2 is 1.90 bits per heavy atom. The summed E-state index contributed by atoms with van der Waals surface area (Å²) in [4.78, 5) is 29.8. The van der Waals surface area contributed by atoms with E-state index in [1.165, 1.54) is 25.7 Å². The summed E-state index contributed by atoms with van der Waals surface area (Å²) < 4.78 is 29.3. The number of aromatic nitrogens is 1. The normalized spacial score (nSPS) is 29.1. The molecule has 2 bridgehead atoms. The summed E-state index contributed by atoms with van der Waals surface area (Å²) in [6.07, 6.45) is 6.54. The first kappa shape index (κ1) is 20.2. The van der Waals surface area contributed by atoms with Gasteiger partial charge in [0.05, 0.1) is 6.54 Å². The number of piperidine rings is 2. The number of hydrogen-bond acceptors (Lipinski definition) is 3. The van der Waals surface area contributed by atoms with Crippen LogP contribution in [0.2, 0.25) is 0 Å². The monoisotopic (exact) mass is 419 g/mol. The molecule has 1 amide bonds. The molecule has 5 rings (SSSR count). The highest BCUT2D eigenvalue weighted by atomic mass is 19.3. The van der Waals surface area contributed by atoms with Crippen LogP contribution in [-0.4, -0.2) is 58.9 Å². The summed E-state index contributed by atoms with van der Waals surface area (Å²) in [6.45, 7) is 3.47. The Morgan fingerprint density at radius 3 is 2.67 bits per heavy atom. The largest absolute Gasteiger partial charge is 0.332 e. The van der Waals surface area contributed by atoms with Crippen molar-refractivity contribution in [2.24, 2.45) is 11.8 Å². The smallest absolute Gasteiger partial charge is 0.265 e. The summed E-state index contributed by atoms with van der Waals surface area (Å²) in [6, 6.07) is 3.48. The Morgan fingerprint density at radius 1 is 1.10 bits per heavy atom. The molecule has 3 fully saturated rings. The first-order valence-corrected chi connectivity index (χ1v) is 11.5. The Labute approximate surface area is 176 Å². The maximum absolute atomic E-state index is 13.8. The van der Waals surface area contributed by atoms with Crippen LogP contribution in [0.5, 0.6) is 0 Å². The third kappa shape index (κ3) is 3.81. The lowest BCUT2D eigenvalue weighted by Gasteiger charge is -2.43. The number of rotatable bonds is 3. The van der Waals surface area contributed by atoms with Gasteiger partial charge in [0.1, 0.15) is 5.56 Å². The molecule has 0 N–H and O–H groups in total. The van der Waals surface area contributed by atoms with Crippen molar-refractivity contribution in [2.45, 2.75) is 63.3 Å². The van der Waals surface area contributed by atoms with E-state index in [0.717, 1.165) is 42.6 Å². The van der Waals surface area contributed by atoms with Crippen molar-refractivity contribution in [3.63, 3.8) is 0 Å². The molecule has 2 saturated heterocycles. The van der Waals surface area contributed by atoms with Crippen molar-refractivity contribution in [1.82, 2.24) is 14.4 Å². The predicted molar refractivity (Wildman–Crippen MR) is 110 cm³/mol. The second kappa shape index (κ2) is 7.74. The molecule has 1 aromatic heterocycles. The number of nitrogens with zero attached hydrogens (tertiary/aromatic N) is 3. The number of carbonyl (C=O) groups excluding carboxylic acids is 1. The number of fused-ring (bicyclic) bond motifs is 4. The molecule has 0 aromatic carbocycles. The molecule has 1 saturated carbocycles. The van der Waals surface area contributed by atoms with Crippen LogP contribution in [0.15, 0.2) is 16.9 Å². The molecule has 0 radical (unpaired) electrons. The van der Waals surface area contributed by atoms with Crippen molar-refractivity contribution < 1.29 is 13.6 Å². The Bertz CT molecular complexity index is 878. The third-order valence-corrected chi connectivity index (χ3v) is 7.58. The van der Waals surface area contributed by atoms with E-state index in [1.807, 2.05) is 6.07 Å². The lowest BCUT2D eigenvalue weighted by atomic mass is 9.82. The van der Waals surface area contributed by atoms with Crippen molar-refractivity contribution in [1.29, 1.82) is 0 Å². The van der Waals surface area contributed by atoms with Gasteiger partial charge in [-0.3, -0.25) is 9.59 Å². The van der Waals surface area contributed by atoms with E-state index in [2.05, 4.69) is 4.90 Å². The predicted octanol–water partition coefficient (Wildman–Crippen LogP) is 3.33. The van der Waals surface area contributed by atoms with Crippen LogP contribution in [0.3, 0.4) is 0 Å². The minimum absolute atomic E-state index is 0.0410. The van der Waals surface area contributed by atoms with Crippen LogP contribution in [0.1, 0.15) is 66.9 Å². The fourth-order valence-corrected chi connectivity index (χ4v) is 6.22. The minimum atomic E-state index is -2.86. The highest BCUT2D eigenvalue weighted by molar-refractivity contribution is 5.94. The lowest BCUT2D eigenvalue weighted by Crippen LogP contribution is -2.50. The molecule has 0 spiro atoms. The Hall–Kier alpha value is -1.76. The van der Waals surface area contributed by atoms with E-state index < -0.39 is 18.4 Å². The molecule has 1 aliphatic carbocycles. The summed E-state index contributed by atoms with van der Waals surface area (Å²) >= 11 is 0. The van der Waals surface area contributed by atoms with Gasteiger partial charge in [0.15, 0.2) is 0 Å². The number of pyridine rings is 1. The van der Waals surface area contributed by atoms with Gasteiger partial charge in [-0.2, -0.15) is 0 Å². The first-order chi connectivity index (χ1) is 14.4. The number of likely N-dealkylation sites (tertiary alicyclic amines) is 2. The number of hydrogen-bond donors (Lipinski definition) is 0. The SMILES string of the molecule is O=C(c1ccc2n(c1=O)C[C@H]1C[C@@H]2CN(CC2CCCC2)C1)N1CCCC(F)(F)C1. The van der Waals surface area contributed by atoms with Crippen LogP contribution in [-0.2, 0) is 6.54 Å². The second-order valence-corrected chi connectivity index (χ2v) is 9.94. The molecule has 0 unspecified atom stereocenters. The summed E-state index contributed by atoms with van der Waals surface area (Å²) in [5, 5.41) is 0. The highest BCUT2D eigenvalue weighted by Gasteiger charge is 2.39. The number of carbonyl (C=O) groups is 1. The van der Waals surface area contributed by atoms with Gasteiger partial charge < -0.3 is 14.4 Å². The van der Waals surface area contributed by atoms with Crippen LogP contribution in [0.25, 0.3) is 0 Å². The molecule has 5 nitrogen and oxygen atoms in total. The average Bonchev–Trinajstić information content (AvgIpc) is 3.20. The minimum Gasteiger partial charge on any atom is -0.332 e. The fourth-order valence-electron chi connectivity index (χ4n) is 6.22. The Kier molecular flexibility index (Phi) is 5.20. The van der Waals surface area contributed by atoms with Crippen molar-refractivity contribution >= 4 is 5.91 Å². The summed E-state index contributed by atoms with van der Waals surface area (Å²) in [5.74, 6) is -1.87. The summed E-state index contributed by atoms with van der Waals surface area (Å²) in [7, 11) is 0. The van der Waals surface area contributed by atoms with Gasteiger partial charge in [0.2, 0.25) is 0 Å². The standard InChI is InChI=1S/C23H31F2N3O2/c24-23(25)8-3-9-27(15-23)21(29)19-6-7-20-18-10-17(13-28(20)22(19)30)12-26(14-18)11-16-4-1-2-5-16/h6-7,16-18H,1-5,8-15H2/t17-,18+/m0/s1. The molecular formula is C23H31F2N3O2. The molecule has 4 heterocycles. The second-order valence-electron chi connectivity index (χ2n) is 9.94. The molecule has 2 atom stereocenters. The molecule has 30 heavy (non-hydrogen) atoms. The maximum Gasteiger partial charge on any atom is 0.265 e. The number of amides is 1. The molecule has 3 aliphatic heterocycles. The van der Waals surface area contributed by atoms with Gasteiger partial charge >= 0.3 is 0 Å². The number of halogens is 2. The highest BCUT2D eigenvalue weighted by Crippen LogP contribution is 2.37. The van der Waals surface area contributed by atoms with Crippen LogP contribution >= 0.6 is 0 Å². The van der Waals surface area contributed by atoms with Gasteiger partial charge in [-0.25, -0.2) is 8.78 Å². The number of alkyl halides is 2. The van der Waals surface area contributed by atoms with Crippen molar-refractivity contribution in [2.75, 3.05) is 32.7 Å². The molecular weight excluding hydrogens is 388 g/mol. The van der Waals surface area contributed by atoms with Crippen LogP contribution < -0.4 is 5.56 Å².